The van der Waals surface area contributed by atoms with E-state index in [0.717, 1.165) is 6.54 Å². The second kappa shape index (κ2) is 7.24. The average molecular weight is 264 g/mol. The summed E-state index contributed by atoms with van der Waals surface area (Å²) in [5.41, 5.74) is 0.243. The molecule has 0 atom stereocenters. The number of para-hydroxylation sites is 1. The van der Waals surface area contributed by atoms with Crippen LogP contribution in [0.2, 0.25) is 0 Å². The molecule has 2 N–H and O–H groups in total. The van der Waals surface area contributed by atoms with E-state index in [0.29, 0.717) is 5.92 Å². The molecule has 104 valence electrons. The number of anilines is 1. The summed E-state index contributed by atoms with van der Waals surface area (Å²) in [5, 5.41) is 5.73. The maximum Gasteiger partial charge on any atom is 0.238 e. The van der Waals surface area contributed by atoms with Crippen LogP contribution < -0.4 is 10.6 Å². The first-order valence-corrected chi connectivity index (χ1v) is 7.01. The van der Waals surface area contributed by atoms with Gasteiger partial charge in [-0.3, -0.25) is 4.79 Å². The summed E-state index contributed by atoms with van der Waals surface area (Å²) in [6, 6.07) is 6.21. The molecule has 1 saturated carbocycles. The van der Waals surface area contributed by atoms with Gasteiger partial charge in [0.15, 0.2) is 0 Å². The van der Waals surface area contributed by atoms with E-state index in [4.69, 9.17) is 0 Å². The van der Waals surface area contributed by atoms with Crippen LogP contribution >= 0.6 is 0 Å². The van der Waals surface area contributed by atoms with Crippen molar-refractivity contribution in [2.24, 2.45) is 5.92 Å². The van der Waals surface area contributed by atoms with E-state index in [1.165, 1.54) is 38.2 Å². The summed E-state index contributed by atoms with van der Waals surface area (Å²) in [7, 11) is 0. The van der Waals surface area contributed by atoms with Gasteiger partial charge in [0.2, 0.25) is 5.91 Å². The molecule has 0 radical (unpaired) electrons. The van der Waals surface area contributed by atoms with E-state index in [-0.39, 0.29) is 18.1 Å². The molecule has 0 saturated heterocycles. The highest BCUT2D eigenvalue weighted by Gasteiger charge is 2.13. The SMILES string of the molecule is O=C(CNCC1CCCCC1)Nc1ccccc1F. The maximum absolute atomic E-state index is 13.3. The lowest BCUT2D eigenvalue weighted by molar-refractivity contribution is -0.115. The normalized spacial score (nSPS) is 16.3. The van der Waals surface area contributed by atoms with Crippen molar-refractivity contribution in [3.8, 4) is 0 Å². The molecule has 0 bridgehead atoms. The third-order valence-corrected chi connectivity index (χ3v) is 3.59. The summed E-state index contributed by atoms with van der Waals surface area (Å²) < 4.78 is 13.3. The van der Waals surface area contributed by atoms with Crippen LogP contribution in [0, 0.1) is 11.7 Å². The molecular formula is C15H21FN2O. The number of hydrogen-bond donors (Lipinski definition) is 2. The smallest absolute Gasteiger partial charge is 0.238 e. The average Bonchev–Trinajstić information content (AvgIpc) is 2.43. The van der Waals surface area contributed by atoms with E-state index in [9.17, 15) is 9.18 Å². The first-order valence-electron chi connectivity index (χ1n) is 7.01. The lowest BCUT2D eigenvalue weighted by Gasteiger charge is -2.21. The summed E-state index contributed by atoms with van der Waals surface area (Å²) in [6.07, 6.45) is 6.44. The van der Waals surface area contributed by atoms with E-state index in [2.05, 4.69) is 10.6 Å². The van der Waals surface area contributed by atoms with E-state index < -0.39 is 5.82 Å². The molecule has 1 aliphatic carbocycles. The van der Waals surface area contributed by atoms with Gasteiger partial charge in [0, 0.05) is 0 Å². The van der Waals surface area contributed by atoms with Gasteiger partial charge in [-0.25, -0.2) is 4.39 Å². The molecular weight excluding hydrogens is 243 g/mol. The standard InChI is InChI=1S/C15H21FN2O/c16-13-8-4-5-9-14(13)18-15(19)11-17-10-12-6-2-1-3-7-12/h4-5,8-9,12,17H,1-3,6-7,10-11H2,(H,18,19). The van der Waals surface area contributed by atoms with Crippen molar-refractivity contribution < 1.29 is 9.18 Å². The monoisotopic (exact) mass is 264 g/mol. The van der Waals surface area contributed by atoms with Crippen molar-refractivity contribution >= 4 is 11.6 Å². The van der Waals surface area contributed by atoms with Crippen LogP contribution in [0.25, 0.3) is 0 Å². The highest BCUT2D eigenvalue weighted by Crippen LogP contribution is 2.22. The van der Waals surface area contributed by atoms with Gasteiger partial charge in [0.25, 0.3) is 0 Å². The van der Waals surface area contributed by atoms with Gasteiger partial charge in [-0.15, -0.1) is 0 Å². The Balaban J connectivity index is 1.68. The Morgan fingerprint density at radius 2 is 1.95 bits per heavy atom. The number of hydrogen-bond acceptors (Lipinski definition) is 2. The highest BCUT2D eigenvalue weighted by atomic mass is 19.1. The van der Waals surface area contributed by atoms with E-state index in [1.807, 2.05) is 0 Å². The van der Waals surface area contributed by atoms with Gasteiger partial charge in [0.05, 0.1) is 12.2 Å². The molecule has 1 aliphatic rings. The predicted octanol–water partition coefficient (Wildman–Crippen LogP) is 2.93. The summed E-state index contributed by atoms with van der Waals surface area (Å²) in [4.78, 5) is 11.7. The fourth-order valence-corrected chi connectivity index (χ4v) is 2.54. The van der Waals surface area contributed by atoms with Crippen molar-refractivity contribution in [1.82, 2.24) is 5.32 Å². The van der Waals surface area contributed by atoms with Crippen LogP contribution in [0.15, 0.2) is 24.3 Å². The highest BCUT2D eigenvalue weighted by molar-refractivity contribution is 5.92. The fraction of sp³-hybridized carbons (Fsp3) is 0.533. The molecule has 19 heavy (non-hydrogen) atoms. The molecule has 3 nitrogen and oxygen atoms in total. The topological polar surface area (TPSA) is 41.1 Å². The van der Waals surface area contributed by atoms with E-state index in [1.54, 1.807) is 18.2 Å². The van der Waals surface area contributed by atoms with Crippen LogP contribution in [0.5, 0.6) is 0 Å². The number of nitrogens with one attached hydrogen (secondary N) is 2. The number of halogens is 1. The maximum atomic E-state index is 13.3. The van der Waals surface area contributed by atoms with Gasteiger partial charge in [-0.2, -0.15) is 0 Å². The van der Waals surface area contributed by atoms with Gasteiger partial charge < -0.3 is 10.6 Å². The Kier molecular flexibility index (Phi) is 5.33. The Bertz CT molecular complexity index is 416. The number of amides is 1. The zero-order chi connectivity index (χ0) is 13.5. The number of carbonyl (C=O) groups excluding carboxylic acids is 1. The molecule has 0 aromatic heterocycles. The molecule has 0 spiro atoms. The second-order valence-corrected chi connectivity index (χ2v) is 5.16. The van der Waals surface area contributed by atoms with Crippen molar-refractivity contribution in [1.29, 1.82) is 0 Å². The molecule has 0 heterocycles. The minimum Gasteiger partial charge on any atom is -0.322 e. The molecule has 2 rings (SSSR count). The number of rotatable bonds is 5. The second-order valence-electron chi connectivity index (χ2n) is 5.16. The van der Waals surface area contributed by atoms with Crippen molar-refractivity contribution in [2.75, 3.05) is 18.4 Å². The number of benzene rings is 1. The summed E-state index contributed by atoms with van der Waals surface area (Å²) in [6.45, 7) is 1.12. The van der Waals surface area contributed by atoms with Crippen molar-refractivity contribution in [2.45, 2.75) is 32.1 Å². The lowest BCUT2D eigenvalue weighted by atomic mass is 9.89. The zero-order valence-electron chi connectivity index (χ0n) is 11.1. The quantitative estimate of drug-likeness (QED) is 0.858. The molecule has 1 amide bonds. The van der Waals surface area contributed by atoms with Crippen molar-refractivity contribution in [3.63, 3.8) is 0 Å². The molecule has 0 unspecified atom stereocenters. The van der Waals surface area contributed by atoms with Crippen LogP contribution in [0.3, 0.4) is 0 Å². The van der Waals surface area contributed by atoms with Gasteiger partial charge in [-0.1, -0.05) is 31.4 Å². The van der Waals surface area contributed by atoms with Crippen LogP contribution in [-0.4, -0.2) is 19.0 Å². The first kappa shape index (κ1) is 14.0. The number of carbonyl (C=O) groups is 1. The lowest BCUT2D eigenvalue weighted by Crippen LogP contribution is -2.32. The minimum atomic E-state index is -0.400. The molecule has 1 fully saturated rings. The van der Waals surface area contributed by atoms with E-state index >= 15 is 0 Å². The third kappa shape index (κ3) is 4.63. The molecule has 1 aromatic rings. The molecule has 4 heteroatoms. The van der Waals surface area contributed by atoms with Crippen LogP contribution in [0.1, 0.15) is 32.1 Å². The summed E-state index contributed by atoms with van der Waals surface area (Å²) in [5.74, 6) is 0.0963. The predicted molar refractivity (Wildman–Crippen MR) is 74.5 cm³/mol. The first-order chi connectivity index (χ1) is 9.25. The summed E-state index contributed by atoms with van der Waals surface area (Å²) >= 11 is 0. The fourth-order valence-electron chi connectivity index (χ4n) is 2.54. The van der Waals surface area contributed by atoms with Crippen LogP contribution in [-0.2, 0) is 4.79 Å². The van der Waals surface area contributed by atoms with Gasteiger partial charge in [-0.05, 0) is 37.4 Å². The largest absolute Gasteiger partial charge is 0.322 e. The van der Waals surface area contributed by atoms with Gasteiger partial charge >= 0.3 is 0 Å². The Labute approximate surface area is 113 Å². The zero-order valence-corrected chi connectivity index (χ0v) is 11.1. The third-order valence-electron chi connectivity index (χ3n) is 3.59. The van der Waals surface area contributed by atoms with Gasteiger partial charge in [0.1, 0.15) is 5.82 Å². The molecule has 0 aliphatic heterocycles. The Morgan fingerprint density at radius 3 is 2.68 bits per heavy atom. The van der Waals surface area contributed by atoms with Crippen LogP contribution in [0.4, 0.5) is 10.1 Å². The Morgan fingerprint density at radius 1 is 1.21 bits per heavy atom. The molecule has 1 aromatic carbocycles. The Hall–Kier alpha value is -1.42. The van der Waals surface area contributed by atoms with Crippen molar-refractivity contribution in [3.05, 3.63) is 30.1 Å². The minimum absolute atomic E-state index is 0.194.